The van der Waals surface area contributed by atoms with Crippen molar-refractivity contribution in [3.05, 3.63) is 75.4 Å². The highest BCUT2D eigenvalue weighted by atomic mass is 35.5. The molecule has 1 aliphatic heterocycles. The Morgan fingerprint density at radius 3 is 2.44 bits per heavy atom. The average molecular weight is 490 g/mol. The predicted octanol–water partition coefficient (Wildman–Crippen LogP) is 7.80. The number of amides is 1. The van der Waals surface area contributed by atoms with Crippen LogP contribution in [-0.4, -0.2) is 19.0 Å². The Hall–Kier alpha value is -2.40. The van der Waals surface area contributed by atoms with Gasteiger partial charge in [0.2, 0.25) is 5.91 Å². The summed E-state index contributed by atoms with van der Waals surface area (Å²) in [5, 5.41) is 4.53. The third kappa shape index (κ3) is 5.69. The number of carbonyl (C=O) groups excluding carboxylic acids is 1. The number of hydrogen-bond acceptors (Lipinski definition) is 3. The van der Waals surface area contributed by atoms with Gasteiger partial charge in [0.05, 0.1) is 10.7 Å². The molecule has 0 spiro atoms. The molecular weight excluding hydrogens is 467 g/mol. The molecule has 32 heavy (non-hydrogen) atoms. The van der Waals surface area contributed by atoms with E-state index in [-0.39, 0.29) is 5.91 Å². The molecule has 2 heterocycles. The van der Waals surface area contributed by atoms with E-state index in [1.165, 1.54) is 18.9 Å². The van der Waals surface area contributed by atoms with E-state index in [0.717, 1.165) is 30.3 Å². The first kappa shape index (κ1) is 22.8. The second-order valence-electron chi connectivity index (χ2n) is 8.02. The third-order valence-corrected chi connectivity index (χ3v) is 6.25. The lowest BCUT2D eigenvalue weighted by Crippen LogP contribution is -2.32. The summed E-state index contributed by atoms with van der Waals surface area (Å²) in [6.07, 6.45) is 5.36. The number of carbonyl (C=O) groups is 1. The molecule has 2 aromatic carbocycles. The first-order valence-electron chi connectivity index (χ1n) is 10.5. The molecule has 1 fully saturated rings. The van der Waals surface area contributed by atoms with Crippen molar-refractivity contribution in [2.75, 3.05) is 23.3 Å². The molecule has 0 unspecified atom stereocenters. The number of anilines is 2. The van der Waals surface area contributed by atoms with Crippen molar-refractivity contribution in [3.8, 4) is 11.3 Å². The van der Waals surface area contributed by atoms with Gasteiger partial charge >= 0.3 is 0 Å². The highest BCUT2D eigenvalue weighted by Crippen LogP contribution is 2.32. The van der Waals surface area contributed by atoms with Gasteiger partial charge in [-0.15, -0.1) is 0 Å². The van der Waals surface area contributed by atoms with Gasteiger partial charge in [0.1, 0.15) is 11.5 Å². The van der Waals surface area contributed by atoms with Crippen LogP contribution in [0, 0.1) is 5.92 Å². The predicted molar refractivity (Wildman–Crippen MR) is 134 cm³/mol. The molecule has 7 heteroatoms. The van der Waals surface area contributed by atoms with Gasteiger partial charge in [-0.05, 0) is 73.4 Å². The molecule has 0 saturated carbocycles. The van der Waals surface area contributed by atoms with Gasteiger partial charge < -0.3 is 14.6 Å². The van der Waals surface area contributed by atoms with Crippen molar-refractivity contribution in [1.82, 2.24) is 0 Å². The Kier molecular flexibility index (Phi) is 7.14. The summed E-state index contributed by atoms with van der Waals surface area (Å²) in [4.78, 5) is 14.7. The summed E-state index contributed by atoms with van der Waals surface area (Å²) in [7, 11) is 0. The molecule has 0 aliphatic carbocycles. The van der Waals surface area contributed by atoms with Crippen LogP contribution in [0.4, 0.5) is 11.4 Å². The van der Waals surface area contributed by atoms with E-state index in [0.29, 0.717) is 32.3 Å². The lowest BCUT2D eigenvalue weighted by molar-refractivity contribution is -0.111. The van der Waals surface area contributed by atoms with Crippen molar-refractivity contribution in [3.63, 3.8) is 0 Å². The summed E-state index contributed by atoms with van der Waals surface area (Å²) in [6, 6.07) is 14.4. The van der Waals surface area contributed by atoms with E-state index in [1.54, 1.807) is 42.5 Å². The molecule has 0 radical (unpaired) electrons. The number of nitrogens with zero attached hydrogens (tertiary/aromatic N) is 1. The number of rotatable bonds is 5. The third-order valence-electron chi connectivity index (χ3n) is 5.51. The molecule has 4 nitrogen and oxygen atoms in total. The molecule has 1 aromatic heterocycles. The molecule has 0 atom stereocenters. The second kappa shape index (κ2) is 10.0. The maximum Gasteiger partial charge on any atom is 0.248 e. The van der Waals surface area contributed by atoms with Gasteiger partial charge in [-0.3, -0.25) is 4.79 Å². The van der Waals surface area contributed by atoms with Crippen molar-refractivity contribution in [2.45, 2.75) is 19.8 Å². The Balaban J connectivity index is 1.38. The minimum absolute atomic E-state index is 0.274. The minimum Gasteiger partial charge on any atom is -0.457 e. The minimum atomic E-state index is -0.274. The van der Waals surface area contributed by atoms with Crippen LogP contribution in [0.3, 0.4) is 0 Å². The second-order valence-corrected chi connectivity index (χ2v) is 9.30. The van der Waals surface area contributed by atoms with Gasteiger partial charge in [-0.25, -0.2) is 0 Å². The monoisotopic (exact) mass is 488 g/mol. The van der Waals surface area contributed by atoms with Crippen LogP contribution in [0.5, 0.6) is 0 Å². The van der Waals surface area contributed by atoms with Crippen LogP contribution in [0.1, 0.15) is 25.5 Å². The van der Waals surface area contributed by atoms with E-state index in [4.69, 9.17) is 39.2 Å². The zero-order valence-electron chi connectivity index (χ0n) is 17.6. The first-order valence-corrected chi connectivity index (χ1v) is 11.6. The van der Waals surface area contributed by atoms with Crippen molar-refractivity contribution in [2.24, 2.45) is 5.92 Å². The normalized spacial score (nSPS) is 14.8. The Morgan fingerprint density at radius 2 is 1.75 bits per heavy atom. The van der Waals surface area contributed by atoms with E-state index in [9.17, 15) is 4.79 Å². The zero-order chi connectivity index (χ0) is 22.7. The summed E-state index contributed by atoms with van der Waals surface area (Å²) in [5.41, 5.74) is 2.42. The van der Waals surface area contributed by atoms with Crippen molar-refractivity contribution >= 4 is 58.2 Å². The number of piperidine rings is 1. The van der Waals surface area contributed by atoms with Crippen LogP contribution in [0.15, 0.2) is 59.0 Å². The Morgan fingerprint density at radius 1 is 1.03 bits per heavy atom. The molecule has 3 aromatic rings. The van der Waals surface area contributed by atoms with Crippen LogP contribution < -0.4 is 10.2 Å². The van der Waals surface area contributed by atoms with Gasteiger partial charge in [0, 0.05) is 40.5 Å². The zero-order valence-corrected chi connectivity index (χ0v) is 19.8. The van der Waals surface area contributed by atoms with Gasteiger partial charge in [0.15, 0.2) is 0 Å². The van der Waals surface area contributed by atoms with Gasteiger partial charge in [-0.1, -0.05) is 41.7 Å². The SMILES string of the molecule is CC1CCN(c2ccc(NC(=O)/C=C/c3ccc(-c4cc(Cl)cc(Cl)c4)o3)cc2Cl)CC1. The van der Waals surface area contributed by atoms with Crippen LogP contribution >= 0.6 is 34.8 Å². The summed E-state index contributed by atoms with van der Waals surface area (Å²) in [6.45, 7) is 4.28. The lowest BCUT2D eigenvalue weighted by Gasteiger charge is -2.32. The average Bonchev–Trinajstić information content (AvgIpc) is 3.22. The summed E-state index contributed by atoms with van der Waals surface area (Å²) >= 11 is 18.6. The van der Waals surface area contributed by atoms with Crippen molar-refractivity contribution in [1.29, 1.82) is 0 Å². The summed E-state index contributed by atoms with van der Waals surface area (Å²) < 4.78 is 5.78. The van der Waals surface area contributed by atoms with Crippen LogP contribution in [-0.2, 0) is 4.79 Å². The molecule has 4 rings (SSSR count). The fourth-order valence-electron chi connectivity index (χ4n) is 3.73. The molecule has 0 bridgehead atoms. The highest BCUT2D eigenvalue weighted by molar-refractivity contribution is 6.35. The Labute approximate surface area is 202 Å². The first-order chi connectivity index (χ1) is 15.4. The molecular formula is C25H23Cl3N2O2. The smallest absolute Gasteiger partial charge is 0.248 e. The summed E-state index contributed by atoms with van der Waals surface area (Å²) in [5.74, 6) is 1.64. The number of nitrogens with one attached hydrogen (secondary N) is 1. The van der Waals surface area contributed by atoms with E-state index >= 15 is 0 Å². The molecule has 1 amide bonds. The topological polar surface area (TPSA) is 45.5 Å². The maximum absolute atomic E-state index is 12.4. The lowest BCUT2D eigenvalue weighted by atomic mass is 9.99. The highest BCUT2D eigenvalue weighted by Gasteiger charge is 2.18. The number of hydrogen-bond donors (Lipinski definition) is 1. The largest absolute Gasteiger partial charge is 0.457 e. The molecule has 1 N–H and O–H groups in total. The van der Waals surface area contributed by atoms with Gasteiger partial charge in [-0.2, -0.15) is 0 Å². The fourth-order valence-corrected chi connectivity index (χ4v) is 4.55. The Bertz CT molecular complexity index is 1130. The fraction of sp³-hybridized carbons (Fsp3) is 0.240. The molecule has 166 valence electrons. The number of halogens is 3. The van der Waals surface area contributed by atoms with E-state index < -0.39 is 0 Å². The van der Waals surface area contributed by atoms with Gasteiger partial charge in [0.25, 0.3) is 0 Å². The van der Waals surface area contributed by atoms with Crippen molar-refractivity contribution < 1.29 is 9.21 Å². The van der Waals surface area contributed by atoms with Crippen LogP contribution in [0.2, 0.25) is 15.1 Å². The van der Waals surface area contributed by atoms with E-state index in [1.807, 2.05) is 12.1 Å². The van der Waals surface area contributed by atoms with Crippen LogP contribution in [0.25, 0.3) is 17.4 Å². The molecule has 1 saturated heterocycles. The quantitative estimate of drug-likeness (QED) is 0.372. The standard InChI is InChI=1S/C25H23Cl3N2O2/c1-16-8-10-30(11-9-16)23-5-2-20(15-22(23)28)29-25(31)7-4-21-3-6-24(32-21)17-12-18(26)14-19(27)13-17/h2-7,12-16H,8-11H2,1H3,(H,29,31)/b7-4+. The maximum atomic E-state index is 12.4. The number of benzene rings is 2. The number of furan rings is 1. The molecule has 1 aliphatic rings. The van der Waals surface area contributed by atoms with E-state index in [2.05, 4.69) is 17.1 Å².